The van der Waals surface area contributed by atoms with E-state index in [-0.39, 0.29) is 0 Å². The Labute approximate surface area is 118 Å². The second-order valence-corrected chi connectivity index (χ2v) is 6.11. The maximum absolute atomic E-state index is 3.71. The maximum atomic E-state index is 3.71. The molecule has 1 aliphatic heterocycles. The molecule has 1 fully saturated rings. The number of rotatable bonds is 4. The molecule has 19 heavy (non-hydrogen) atoms. The van der Waals surface area contributed by atoms with Crippen LogP contribution in [0.1, 0.15) is 38.3 Å². The highest BCUT2D eigenvalue weighted by Gasteiger charge is 2.27. The van der Waals surface area contributed by atoms with Crippen molar-refractivity contribution in [3.63, 3.8) is 0 Å². The van der Waals surface area contributed by atoms with Crippen molar-refractivity contribution in [2.75, 3.05) is 13.1 Å². The summed E-state index contributed by atoms with van der Waals surface area (Å²) in [6, 6.07) is 10.0. The van der Waals surface area contributed by atoms with E-state index < -0.39 is 0 Å². The van der Waals surface area contributed by atoms with Gasteiger partial charge in [-0.25, -0.2) is 0 Å². The molecule has 0 aromatic heterocycles. The van der Waals surface area contributed by atoms with Crippen LogP contribution in [-0.4, -0.2) is 30.1 Å². The quantitative estimate of drug-likeness (QED) is 0.894. The largest absolute Gasteiger partial charge is 0.311 e. The van der Waals surface area contributed by atoms with Gasteiger partial charge in [0.05, 0.1) is 0 Å². The van der Waals surface area contributed by atoms with Crippen LogP contribution in [0.2, 0.25) is 0 Å². The van der Waals surface area contributed by atoms with Gasteiger partial charge in [0.1, 0.15) is 0 Å². The minimum Gasteiger partial charge on any atom is -0.311 e. The average Bonchev–Trinajstić information content (AvgIpc) is 2.42. The first-order chi connectivity index (χ1) is 9.11. The lowest BCUT2D eigenvalue weighted by Gasteiger charge is -2.41. The number of aryl methyl sites for hydroxylation is 1. The van der Waals surface area contributed by atoms with Gasteiger partial charge in [0.25, 0.3) is 0 Å². The van der Waals surface area contributed by atoms with Gasteiger partial charge in [-0.15, -0.1) is 0 Å². The molecule has 1 heterocycles. The molecule has 2 rings (SSSR count). The van der Waals surface area contributed by atoms with Gasteiger partial charge in [-0.05, 0) is 30.9 Å². The van der Waals surface area contributed by atoms with Crippen LogP contribution in [0.15, 0.2) is 24.3 Å². The summed E-state index contributed by atoms with van der Waals surface area (Å²) < 4.78 is 0. The van der Waals surface area contributed by atoms with E-state index in [1.54, 1.807) is 0 Å². The molecule has 1 aromatic rings. The Balaban J connectivity index is 2.03. The summed E-state index contributed by atoms with van der Waals surface area (Å²) in [5.41, 5.74) is 2.88. The summed E-state index contributed by atoms with van der Waals surface area (Å²) in [4.78, 5) is 2.63. The van der Waals surface area contributed by atoms with Crippen molar-refractivity contribution >= 4 is 0 Å². The number of hydrogen-bond acceptors (Lipinski definition) is 2. The highest BCUT2D eigenvalue weighted by molar-refractivity contribution is 5.25. The SMILES string of the molecule is CCC(C)C1CN(Cc2ccccc2C)C(C)CN1. The van der Waals surface area contributed by atoms with Crippen molar-refractivity contribution in [2.45, 2.75) is 52.7 Å². The molecule has 0 radical (unpaired) electrons. The molecule has 1 saturated heterocycles. The highest BCUT2D eigenvalue weighted by atomic mass is 15.2. The molecule has 2 nitrogen and oxygen atoms in total. The van der Waals surface area contributed by atoms with Crippen LogP contribution in [0.5, 0.6) is 0 Å². The molecule has 0 saturated carbocycles. The number of benzene rings is 1. The van der Waals surface area contributed by atoms with Gasteiger partial charge < -0.3 is 5.32 Å². The number of piperazine rings is 1. The summed E-state index contributed by atoms with van der Waals surface area (Å²) >= 11 is 0. The summed E-state index contributed by atoms with van der Waals surface area (Å²) in [5.74, 6) is 0.756. The first-order valence-corrected chi connectivity index (χ1v) is 7.63. The normalized spacial score (nSPS) is 26.3. The van der Waals surface area contributed by atoms with Gasteiger partial charge in [-0.3, -0.25) is 4.90 Å². The summed E-state index contributed by atoms with van der Waals surface area (Å²) in [5, 5.41) is 3.71. The Morgan fingerprint density at radius 2 is 2.11 bits per heavy atom. The molecular formula is C17H28N2. The average molecular weight is 260 g/mol. The number of hydrogen-bond donors (Lipinski definition) is 1. The fourth-order valence-corrected chi connectivity index (χ4v) is 2.84. The third kappa shape index (κ3) is 3.58. The Hall–Kier alpha value is -0.860. The molecule has 106 valence electrons. The molecule has 2 heteroatoms. The van der Waals surface area contributed by atoms with E-state index >= 15 is 0 Å². The van der Waals surface area contributed by atoms with E-state index in [0.717, 1.165) is 19.0 Å². The topological polar surface area (TPSA) is 15.3 Å². The third-order valence-corrected chi connectivity index (χ3v) is 4.70. The van der Waals surface area contributed by atoms with Crippen molar-refractivity contribution in [3.05, 3.63) is 35.4 Å². The lowest BCUT2D eigenvalue weighted by atomic mass is 9.95. The highest BCUT2D eigenvalue weighted by Crippen LogP contribution is 2.19. The zero-order valence-corrected chi connectivity index (χ0v) is 12.8. The van der Waals surface area contributed by atoms with Gasteiger partial charge in [0.2, 0.25) is 0 Å². The minimum absolute atomic E-state index is 0.625. The van der Waals surface area contributed by atoms with Crippen LogP contribution in [0.3, 0.4) is 0 Å². The van der Waals surface area contributed by atoms with Crippen LogP contribution in [0.4, 0.5) is 0 Å². The van der Waals surface area contributed by atoms with Crippen molar-refractivity contribution in [1.29, 1.82) is 0 Å². The second kappa shape index (κ2) is 6.53. The van der Waals surface area contributed by atoms with Crippen molar-refractivity contribution < 1.29 is 0 Å². The van der Waals surface area contributed by atoms with Crippen LogP contribution < -0.4 is 5.32 Å². The van der Waals surface area contributed by atoms with E-state index in [9.17, 15) is 0 Å². The molecule has 0 bridgehead atoms. The Kier molecular flexibility index (Phi) is 5.00. The molecule has 0 aliphatic carbocycles. The van der Waals surface area contributed by atoms with Crippen LogP contribution >= 0.6 is 0 Å². The monoisotopic (exact) mass is 260 g/mol. The molecule has 1 N–H and O–H groups in total. The number of nitrogens with one attached hydrogen (secondary N) is 1. The van der Waals surface area contributed by atoms with E-state index in [1.165, 1.54) is 24.1 Å². The van der Waals surface area contributed by atoms with Crippen molar-refractivity contribution in [3.8, 4) is 0 Å². The van der Waals surface area contributed by atoms with Gasteiger partial charge in [0.15, 0.2) is 0 Å². The smallest absolute Gasteiger partial charge is 0.0240 e. The number of nitrogens with zero attached hydrogens (tertiary/aromatic N) is 1. The van der Waals surface area contributed by atoms with Crippen LogP contribution in [-0.2, 0) is 6.54 Å². The third-order valence-electron chi connectivity index (χ3n) is 4.70. The molecule has 1 aromatic carbocycles. The van der Waals surface area contributed by atoms with Gasteiger partial charge in [0, 0.05) is 31.7 Å². The molecule has 1 aliphatic rings. The van der Waals surface area contributed by atoms with Gasteiger partial charge >= 0.3 is 0 Å². The first-order valence-electron chi connectivity index (χ1n) is 7.63. The van der Waals surface area contributed by atoms with E-state index in [2.05, 4.69) is 62.2 Å². The molecular weight excluding hydrogens is 232 g/mol. The maximum Gasteiger partial charge on any atom is 0.0240 e. The Bertz CT molecular complexity index is 402. The van der Waals surface area contributed by atoms with Crippen molar-refractivity contribution in [1.82, 2.24) is 10.2 Å². The van der Waals surface area contributed by atoms with Gasteiger partial charge in [-0.2, -0.15) is 0 Å². The lowest BCUT2D eigenvalue weighted by Crippen LogP contribution is -2.56. The standard InChI is InChI=1S/C17H28N2/c1-5-13(2)17-12-19(15(4)10-18-17)11-16-9-7-6-8-14(16)3/h6-9,13,15,17-18H,5,10-12H2,1-4H3. The first kappa shape index (κ1) is 14.5. The van der Waals surface area contributed by atoms with Gasteiger partial charge in [-0.1, -0.05) is 44.5 Å². The van der Waals surface area contributed by atoms with E-state index in [1.807, 2.05) is 0 Å². The van der Waals surface area contributed by atoms with E-state index in [0.29, 0.717) is 12.1 Å². The summed E-state index contributed by atoms with van der Waals surface area (Å²) in [6.45, 7) is 12.6. The lowest BCUT2D eigenvalue weighted by molar-refractivity contribution is 0.111. The predicted molar refractivity (Wildman–Crippen MR) is 82.3 cm³/mol. The second-order valence-electron chi connectivity index (χ2n) is 6.11. The molecule has 0 spiro atoms. The predicted octanol–water partition coefficient (Wildman–Crippen LogP) is 3.20. The summed E-state index contributed by atoms with van der Waals surface area (Å²) in [7, 11) is 0. The summed E-state index contributed by atoms with van der Waals surface area (Å²) in [6.07, 6.45) is 1.25. The fourth-order valence-electron chi connectivity index (χ4n) is 2.84. The zero-order chi connectivity index (χ0) is 13.8. The zero-order valence-electron chi connectivity index (χ0n) is 12.8. The van der Waals surface area contributed by atoms with Crippen molar-refractivity contribution in [2.24, 2.45) is 5.92 Å². The van der Waals surface area contributed by atoms with Crippen LogP contribution in [0.25, 0.3) is 0 Å². The minimum atomic E-state index is 0.625. The Morgan fingerprint density at radius 3 is 2.79 bits per heavy atom. The fraction of sp³-hybridized carbons (Fsp3) is 0.647. The Morgan fingerprint density at radius 1 is 1.37 bits per heavy atom. The van der Waals surface area contributed by atoms with E-state index in [4.69, 9.17) is 0 Å². The van der Waals surface area contributed by atoms with Crippen LogP contribution in [0, 0.1) is 12.8 Å². The molecule has 0 amide bonds. The molecule has 3 atom stereocenters. The molecule has 3 unspecified atom stereocenters.